The predicted molar refractivity (Wildman–Crippen MR) is 119 cm³/mol. The van der Waals surface area contributed by atoms with Crippen molar-refractivity contribution in [2.45, 2.75) is 57.2 Å². The maximum Gasteiger partial charge on any atom is 0.294 e. The Hall–Kier alpha value is -2.77. The minimum atomic E-state index is -0.840. The molecule has 0 bridgehead atoms. The van der Waals surface area contributed by atoms with Crippen molar-refractivity contribution in [1.82, 2.24) is 10.3 Å². The van der Waals surface area contributed by atoms with Crippen LogP contribution in [-0.2, 0) is 19.3 Å². The molecule has 0 spiro atoms. The van der Waals surface area contributed by atoms with Crippen molar-refractivity contribution in [3.63, 3.8) is 0 Å². The molecule has 1 aliphatic carbocycles. The van der Waals surface area contributed by atoms with Crippen molar-refractivity contribution in [2.75, 3.05) is 11.9 Å². The Morgan fingerprint density at radius 1 is 1.16 bits per heavy atom. The number of nitrogens with one attached hydrogen (secondary N) is 2. The number of fused-ring (bicyclic) bond motifs is 1. The summed E-state index contributed by atoms with van der Waals surface area (Å²) in [4.78, 5) is 4.06. The fourth-order valence-corrected chi connectivity index (χ4v) is 4.41. The molecular weight excluding hydrogens is 412 g/mol. The lowest BCUT2D eigenvalue weighted by Gasteiger charge is -2.30. The standard InChI is InChI=1S/C25H29F2N3O2/c1-2-16-6-7-18-4-3-5-22(21(18)12-16)29-15-24(31)23(30-25-28-8-9-32-25)13-17-10-19(26)14-20(27)11-17/h6-12,14,22-24,29,31H,2-5,13,15H2,1H3,(H,28,30). The molecule has 0 saturated heterocycles. The van der Waals surface area contributed by atoms with Crippen molar-refractivity contribution >= 4 is 6.01 Å². The van der Waals surface area contributed by atoms with Crippen molar-refractivity contribution < 1.29 is 18.3 Å². The Labute approximate surface area is 186 Å². The Bertz CT molecular complexity index is 1010. The Kier molecular flexibility index (Phi) is 7.17. The van der Waals surface area contributed by atoms with E-state index >= 15 is 0 Å². The molecule has 32 heavy (non-hydrogen) atoms. The zero-order chi connectivity index (χ0) is 22.5. The molecule has 7 heteroatoms. The number of aliphatic hydroxyl groups excluding tert-OH is 1. The maximum atomic E-state index is 13.7. The second-order valence-electron chi connectivity index (χ2n) is 8.38. The van der Waals surface area contributed by atoms with Gasteiger partial charge in [0.05, 0.1) is 18.3 Å². The van der Waals surface area contributed by atoms with E-state index in [1.54, 1.807) is 0 Å². The van der Waals surface area contributed by atoms with Gasteiger partial charge in [0.2, 0.25) is 0 Å². The van der Waals surface area contributed by atoms with Gasteiger partial charge >= 0.3 is 0 Å². The molecule has 1 aliphatic rings. The van der Waals surface area contributed by atoms with Crippen LogP contribution >= 0.6 is 0 Å². The fourth-order valence-electron chi connectivity index (χ4n) is 4.41. The average Bonchev–Trinajstić information content (AvgIpc) is 3.29. The van der Waals surface area contributed by atoms with E-state index in [4.69, 9.17) is 4.42 Å². The highest BCUT2D eigenvalue weighted by atomic mass is 19.1. The van der Waals surface area contributed by atoms with E-state index in [2.05, 4.69) is 40.7 Å². The largest absolute Gasteiger partial charge is 0.432 e. The van der Waals surface area contributed by atoms with Crippen molar-refractivity contribution in [3.05, 3.63) is 82.7 Å². The predicted octanol–water partition coefficient (Wildman–Crippen LogP) is 4.57. The van der Waals surface area contributed by atoms with Gasteiger partial charge in [-0.2, -0.15) is 0 Å². The number of nitrogens with zero attached hydrogens (tertiary/aromatic N) is 1. The van der Waals surface area contributed by atoms with Crippen LogP contribution in [0.25, 0.3) is 0 Å². The van der Waals surface area contributed by atoms with Crippen molar-refractivity contribution in [2.24, 2.45) is 0 Å². The van der Waals surface area contributed by atoms with Crippen LogP contribution in [0.5, 0.6) is 0 Å². The van der Waals surface area contributed by atoms with Gasteiger partial charge in [-0.1, -0.05) is 25.1 Å². The molecule has 170 valence electrons. The van der Waals surface area contributed by atoms with Gasteiger partial charge in [-0.3, -0.25) is 0 Å². The minimum absolute atomic E-state index is 0.161. The van der Waals surface area contributed by atoms with Gasteiger partial charge in [-0.15, -0.1) is 0 Å². The molecule has 0 amide bonds. The molecule has 5 nitrogen and oxygen atoms in total. The van der Waals surface area contributed by atoms with Crippen LogP contribution in [0.2, 0.25) is 0 Å². The van der Waals surface area contributed by atoms with Gasteiger partial charge in [-0.05, 0) is 66.5 Å². The molecule has 3 atom stereocenters. The van der Waals surface area contributed by atoms with Crippen LogP contribution in [0.15, 0.2) is 53.3 Å². The normalized spacial score (nSPS) is 17.6. The average molecular weight is 442 g/mol. The summed E-state index contributed by atoms with van der Waals surface area (Å²) in [6.45, 7) is 2.46. The lowest BCUT2D eigenvalue weighted by atomic mass is 9.86. The number of benzene rings is 2. The summed E-state index contributed by atoms with van der Waals surface area (Å²) in [6, 6.07) is 9.91. The molecular formula is C25H29F2N3O2. The highest BCUT2D eigenvalue weighted by Crippen LogP contribution is 2.30. The zero-order valence-corrected chi connectivity index (χ0v) is 18.2. The van der Waals surface area contributed by atoms with E-state index in [1.165, 1.54) is 41.3 Å². The first kappa shape index (κ1) is 22.4. The summed E-state index contributed by atoms with van der Waals surface area (Å²) in [5.41, 5.74) is 4.40. The maximum absolute atomic E-state index is 13.7. The third-order valence-corrected chi connectivity index (χ3v) is 6.09. The minimum Gasteiger partial charge on any atom is -0.432 e. The fraction of sp³-hybridized carbons (Fsp3) is 0.400. The molecule has 3 unspecified atom stereocenters. The van der Waals surface area contributed by atoms with Crippen molar-refractivity contribution in [1.29, 1.82) is 0 Å². The van der Waals surface area contributed by atoms with Gasteiger partial charge in [0.25, 0.3) is 6.01 Å². The van der Waals surface area contributed by atoms with E-state index in [1.807, 2.05) is 0 Å². The smallest absolute Gasteiger partial charge is 0.294 e. The molecule has 2 aromatic carbocycles. The molecule has 0 radical (unpaired) electrons. The van der Waals surface area contributed by atoms with Crippen LogP contribution in [0.3, 0.4) is 0 Å². The van der Waals surface area contributed by atoms with Crippen LogP contribution < -0.4 is 10.6 Å². The van der Waals surface area contributed by atoms with Crippen LogP contribution in [0.1, 0.15) is 48.1 Å². The second kappa shape index (κ2) is 10.2. The topological polar surface area (TPSA) is 70.3 Å². The van der Waals surface area contributed by atoms with Crippen LogP contribution in [-0.4, -0.2) is 28.8 Å². The third-order valence-electron chi connectivity index (χ3n) is 6.09. The first-order valence-electron chi connectivity index (χ1n) is 11.2. The summed E-state index contributed by atoms with van der Waals surface area (Å²) in [5, 5.41) is 17.6. The Balaban J connectivity index is 1.47. The SMILES string of the molecule is CCc1ccc2c(c1)C(NCC(O)C(Cc1cc(F)cc(F)c1)Nc1ncco1)CCC2. The zero-order valence-electron chi connectivity index (χ0n) is 18.2. The van der Waals surface area contributed by atoms with E-state index in [0.29, 0.717) is 12.1 Å². The van der Waals surface area contributed by atoms with Gasteiger partial charge in [0, 0.05) is 18.7 Å². The highest BCUT2D eigenvalue weighted by molar-refractivity contribution is 5.36. The number of aromatic nitrogens is 1. The summed E-state index contributed by atoms with van der Waals surface area (Å²) < 4.78 is 32.6. The molecule has 0 aliphatic heterocycles. The monoisotopic (exact) mass is 441 g/mol. The summed E-state index contributed by atoms with van der Waals surface area (Å²) >= 11 is 0. The third kappa shape index (κ3) is 5.53. The van der Waals surface area contributed by atoms with E-state index in [9.17, 15) is 13.9 Å². The number of rotatable bonds is 9. The Morgan fingerprint density at radius 3 is 2.69 bits per heavy atom. The Morgan fingerprint density at radius 2 is 1.97 bits per heavy atom. The molecule has 0 fully saturated rings. The number of hydrogen-bond acceptors (Lipinski definition) is 5. The van der Waals surface area contributed by atoms with Crippen LogP contribution in [0, 0.1) is 11.6 Å². The number of aliphatic hydroxyl groups is 1. The van der Waals surface area contributed by atoms with Gasteiger partial charge in [0.1, 0.15) is 17.9 Å². The molecule has 3 aromatic rings. The molecule has 3 N–H and O–H groups in total. The summed E-state index contributed by atoms with van der Waals surface area (Å²) in [5.74, 6) is -1.29. The molecule has 4 rings (SSSR count). The quantitative estimate of drug-likeness (QED) is 0.454. The van der Waals surface area contributed by atoms with E-state index in [0.717, 1.165) is 31.7 Å². The van der Waals surface area contributed by atoms with Gasteiger partial charge in [-0.25, -0.2) is 13.8 Å². The van der Waals surface area contributed by atoms with Crippen molar-refractivity contribution in [3.8, 4) is 0 Å². The van der Waals surface area contributed by atoms with Gasteiger partial charge in [0.15, 0.2) is 0 Å². The van der Waals surface area contributed by atoms with E-state index < -0.39 is 23.8 Å². The van der Waals surface area contributed by atoms with Gasteiger partial charge < -0.3 is 20.2 Å². The lowest BCUT2D eigenvalue weighted by Crippen LogP contribution is -2.43. The molecule has 1 heterocycles. The number of oxazole rings is 1. The first-order chi connectivity index (χ1) is 15.5. The molecule has 1 aromatic heterocycles. The number of halogens is 2. The molecule has 0 saturated carbocycles. The van der Waals surface area contributed by atoms with E-state index in [-0.39, 0.29) is 18.5 Å². The number of aryl methyl sites for hydroxylation is 2. The summed E-state index contributed by atoms with van der Waals surface area (Å²) in [7, 11) is 0. The highest BCUT2D eigenvalue weighted by Gasteiger charge is 2.25. The lowest BCUT2D eigenvalue weighted by molar-refractivity contribution is 0.142. The number of hydrogen-bond donors (Lipinski definition) is 3. The second-order valence-corrected chi connectivity index (χ2v) is 8.38. The number of anilines is 1. The summed E-state index contributed by atoms with van der Waals surface area (Å²) in [6.07, 6.45) is 6.43. The first-order valence-corrected chi connectivity index (χ1v) is 11.2. The van der Waals surface area contributed by atoms with Crippen LogP contribution in [0.4, 0.5) is 14.8 Å².